The molecule has 6 rings (SSSR count). The van der Waals surface area contributed by atoms with Gasteiger partial charge in [-0.2, -0.15) is 0 Å². The maximum Gasteiger partial charge on any atom is 0.244 e. The lowest BCUT2D eigenvalue weighted by Crippen LogP contribution is -2.56. The van der Waals surface area contributed by atoms with Crippen LogP contribution in [0.25, 0.3) is 10.9 Å². The van der Waals surface area contributed by atoms with Gasteiger partial charge in [-0.1, -0.05) is 53.0 Å². The van der Waals surface area contributed by atoms with Gasteiger partial charge in [-0.15, -0.1) is 0 Å². The van der Waals surface area contributed by atoms with Gasteiger partial charge in [0.05, 0.1) is 30.6 Å². The minimum atomic E-state index is -4.51. The second kappa shape index (κ2) is 13.5. The van der Waals surface area contributed by atoms with Crippen LogP contribution in [-0.2, 0) is 30.7 Å². The summed E-state index contributed by atoms with van der Waals surface area (Å²) in [7, 11) is -4.51. The molecule has 2 unspecified atom stereocenters. The van der Waals surface area contributed by atoms with Crippen molar-refractivity contribution in [2.24, 2.45) is 0 Å². The van der Waals surface area contributed by atoms with Crippen LogP contribution < -0.4 is 5.32 Å². The number of H-pyrrole nitrogens is 1. The third-order valence-corrected chi connectivity index (χ3v) is 11.9. The van der Waals surface area contributed by atoms with E-state index in [4.69, 9.17) is 39.5 Å². The molecule has 0 aliphatic carbocycles. The number of hydrogen-bond acceptors (Lipinski definition) is 6. The van der Waals surface area contributed by atoms with E-state index in [1.54, 1.807) is 48.7 Å². The van der Waals surface area contributed by atoms with Crippen molar-refractivity contribution in [3.63, 3.8) is 0 Å². The number of aromatic amines is 1. The number of hydrogen-bond donors (Lipinski definition) is 2. The summed E-state index contributed by atoms with van der Waals surface area (Å²) in [5.41, 5.74) is 1.88. The smallest absolute Gasteiger partial charge is 0.244 e. The van der Waals surface area contributed by atoms with E-state index in [1.807, 2.05) is 0 Å². The first-order chi connectivity index (χ1) is 22.1. The zero-order valence-corrected chi connectivity index (χ0v) is 27.9. The van der Waals surface area contributed by atoms with Crippen LogP contribution in [0.4, 0.5) is 0 Å². The number of morpholine rings is 1. The van der Waals surface area contributed by atoms with Crippen molar-refractivity contribution in [2.45, 2.75) is 35.1 Å². The van der Waals surface area contributed by atoms with Gasteiger partial charge in [0, 0.05) is 63.9 Å². The molecule has 3 heterocycles. The molecule has 2 aliphatic rings. The average molecular weight is 704 g/mol. The molecule has 9 nitrogen and oxygen atoms in total. The highest BCUT2D eigenvalue weighted by molar-refractivity contribution is 7.93. The van der Waals surface area contributed by atoms with Crippen LogP contribution in [0.5, 0.6) is 0 Å². The van der Waals surface area contributed by atoms with Crippen LogP contribution in [0.2, 0.25) is 15.1 Å². The van der Waals surface area contributed by atoms with E-state index in [-0.39, 0.29) is 18.0 Å². The summed E-state index contributed by atoms with van der Waals surface area (Å²) in [5.74, 6) is -1.20. The highest BCUT2D eigenvalue weighted by Crippen LogP contribution is 2.51. The number of fused-ring (bicyclic) bond motifs is 1. The van der Waals surface area contributed by atoms with Crippen LogP contribution in [0.15, 0.2) is 77.8 Å². The summed E-state index contributed by atoms with van der Waals surface area (Å²) in [4.78, 5) is 35.5. The predicted molar refractivity (Wildman–Crippen MR) is 179 cm³/mol. The lowest BCUT2D eigenvalue weighted by atomic mass is 9.91. The van der Waals surface area contributed by atoms with Crippen LogP contribution in [0.1, 0.15) is 30.0 Å². The quantitative estimate of drug-likeness (QED) is 0.207. The van der Waals surface area contributed by atoms with Gasteiger partial charge in [-0.25, -0.2) is 8.42 Å². The number of benzene rings is 3. The first-order valence-corrected chi connectivity index (χ1v) is 17.6. The van der Waals surface area contributed by atoms with E-state index in [9.17, 15) is 18.0 Å². The minimum Gasteiger partial charge on any atom is -0.379 e. The van der Waals surface area contributed by atoms with Gasteiger partial charge in [-0.3, -0.25) is 14.5 Å². The van der Waals surface area contributed by atoms with Crippen molar-refractivity contribution >= 4 is 67.4 Å². The number of carbonyl (C=O) groups is 2. The molecule has 2 saturated heterocycles. The second-order valence-corrected chi connectivity index (χ2v) is 15.1. The van der Waals surface area contributed by atoms with Gasteiger partial charge in [0.15, 0.2) is 14.6 Å². The maximum atomic E-state index is 14.9. The molecule has 1 aromatic heterocycles. The number of carbonyl (C=O) groups excluding carboxylic acids is 2. The van der Waals surface area contributed by atoms with Crippen molar-refractivity contribution in [3.8, 4) is 0 Å². The van der Waals surface area contributed by atoms with Crippen molar-refractivity contribution in [1.29, 1.82) is 0 Å². The fraction of sp³-hybridized carbons (Fsp3) is 0.333. The Morgan fingerprint density at radius 2 is 1.61 bits per heavy atom. The lowest BCUT2D eigenvalue weighted by Gasteiger charge is -2.36. The molecule has 2 fully saturated rings. The SMILES string of the molecule is O=C1CC(C(=O)NCCCN2CCOCC2)(S(=O)(=O)c2ccc(Cl)cc2)C(c2c[nH]c3cc(Cl)ccc23)N1Cc1ccc(Cl)cc1. The average Bonchev–Trinajstić information content (AvgIpc) is 3.59. The fourth-order valence-electron chi connectivity index (χ4n) is 6.42. The van der Waals surface area contributed by atoms with Gasteiger partial charge in [0.1, 0.15) is 0 Å². The molecular weight excluding hydrogens is 671 g/mol. The van der Waals surface area contributed by atoms with Crippen molar-refractivity contribution < 1.29 is 22.7 Å². The summed E-state index contributed by atoms with van der Waals surface area (Å²) in [5, 5.41) is 4.93. The number of ether oxygens (including phenoxy) is 1. The maximum absolute atomic E-state index is 14.9. The Morgan fingerprint density at radius 3 is 2.30 bits per heavy atom. The minimum absolute atomic E-state index is 0.0587. The Bertz CT molecular complexity index is 1840. The number of amides is 2. The molecule has 4 aromatic rings. The normalized spacial score (nSPS) is 20.8. The highest BCUT2D eigenvalue weighted by atomic mass is 35.5. The first-order valence-electron chi connectivity index (χ1n) is 15.0. The van der Waals surface area contributed by atoms with Crippen molar-refractivity contribution in [3.05, 3.63) is 99.1 Å². The topological polar surface area (TPSA) is 112 Å². The van der Waals surface area contributed by atoms with Crippen LogP contribution in [0.3, 0.4) is 0 Å². The molecule has 0 radical (unpaired) electrons. The van der Waals surface area contributed by atoms with Crippen molar-refractivity contribution in [1.82, 2.24) is 20.1 Å². The zero-order valence-electron chi connectivity index (χ0n) is 24.8. The zero-order chi connectivity index (χ0) is 32.5. The van der Waals surface area contributed by atoms with Gasteiger partial charge >= 0.3 is 0 Å². The van der Waals surface area contributed by atoms with E-state index in [0.717, 1.165) is 25.2 Å². The number of nitrogens with one attached hydrogen (secondary N) is 2. The summed E-state index contributed by atoms with van der Waals surface area (Å²) >= 11 is 18.5. The number of halogens is 3. The van der Waals surface area contributed by atoms with Gasteiger partial charge in [0.2, 0.25) is 11.8 Å². The van der Waals surface area contributed by atoms with E-state index in [0.29, 0.717) is 51.2 Å². The Labute approximate surface area is 282 Å². The predicted octanol–water partition coefficient (Wildman–Crippen LogP) is 5.65. The number of aromatic nitrogens is 1. The largest absolute Gasteiger partial charge is 0.379 e. The molecule has 2 N–H and O–H groups in total. The van der Waals surface area contributed by atoms with Crippen LogP contribution in [0, 0.1) is 0 Å². The molecule has 2 aliphatic heterocycles. The third kappa shape index (κ3) is 6.26. The number of sulfone groups is 1. The molecule has 2 atom stereocenters. The Kier molecular flexibility index (Phi) is 9.66. The van der Waals surface area contributed by atoms with Crippen molar-refractivity contribution in [2.75, 3.05) is 39.4 Å². The molecule has 242 valence electrons. The number of rotatable bonds is 10. The molecule has 46 heavy (non-hydrogen) atoms. The Balaban J connectivity index is 1.46. The molecule has 0 bridgehead atoms. The van der Waals surface area contributed by atoms with Crippen LogP contribution >= 0.6 is 34.8 Å². The summed E-state index contributed by atoms with van der Waals surface area (Å²) in [6.07, 6.45) is 1.71. The summed E-state index contributed by atoms with van der Waals surface area (Å²) < 4.78 is 33.1. The van der Waals surface area contributed by atoms with Crippen LogP contribution in [-0.4, -0.2) is 79.2 Å². The molecule has 0 saturated carbocycles. The fourth-order valence-corrected chi connectivity index (χ4v) is 8.94. The van der Waals surface area contributed by atoms with E-state index in [1.165, 1.54) is 29.2 Å². The summed E-state index contributed by atoms with van der Waals surface area (Å²) in [6, 6.07) is 16.7. The molecule has 2 amide bonds. The van der Waals surface area contributed by atoms with E-state index >= 15 is 0 Å². The Morgan fingerprint density at radius 1 is 0.957 bits per heavy atom. The monoisotopic (exact) mass is 702 g/mol. The van der Waals surface area contributed by atoms with Gasteiger partial charge in [-0.05, 0) is 67.1 Å². The Hall–Kier alpha value is -3.12. The third-order valence-electron chi connectivity index (χ3n) is 8.75. The second-order valence-electron chi connectivity index (χ2n) is 11.6. The number of nitrogens with zero attached hydrogens (tertiary/aromatic N) is 2. The molecule has 0 spiro atoms. The molecular formula is C33H33Cl3N4O5S. The lowest BCUT2D eigenvalue weighted by molar-refractivity contribution is -0.129. The first kappa shape index (κ1) is 32.8. The highest BCUT2D eigenvalue weighted by Gasteiger charge is 2.65. The van der Waals surface area contributed by atoms with Gasteiger partial charge in [0.25, 0.3) is 0 Å². The summed E-state index contributed by atoms with van der Waals surface area (Å²) in [6.45, 7) is 3.90. The molecule has 13 heteroatoms. The number of likely N-dealkylation sites (tertiary alicyclic amines) is 1. The van der Waals surface area contributed by atoms with E-state index in [2.05, 4.69) is 15.2 Å². The van der Waals surface area contributed by atoms with Gasteiger partial charge < -0.3 is 19.9 Å². The standard InChI is InChI=1S/C33H33Cl3N4O5S/c34-23-4-2-22(3-5-23)21-40-30(41)19-33(46(43,44)26-9-6-24(35)7-10-26,32(42)37-12-1-13-39-14-16-45-17-15-39)31(40)28-20-38-29-18-25(36)8-11-27(28)29/h2-11,18,20,31,38H,1,12-17,19,21H2,(H,37,42). The molecule has 3 aromatic carbocycles. The van der Waals surface area contributed by atoms with E-state index < -0.39 is 38.9 Å².